The Morgan fingerprint density at radius 1 is 1.21 bits per heavy atom. The van der Waals surface area contributed by atoms with Crippen LogP contribution < -0.4 is 10.5 Å². The third-order valence-corrected chi connectivity index (χ3v) is 5.05. The Morgan fingerprint density at radius 3 is 2.46 bits per heavy atom. The number of rotatable bonds is 6. The molecule has 0 saturated carbocycles. The van der Waals surface area contributed by atoms with Crippen molar-refractivity contribution in [2.24, 2.45) is 5.14 Å². The molecule has 0 aliphatic carbocycles. The number of carbonyl (C=O) groups is 1. The van der Waals surface area contributed by atoms with Gasteiger partial charge < -0.3 is 5.32 Å². The van der Waals surface area contributed by atoms with E-state index in [9.17, 15) is 13.2 Å². The zero-order valence-corrected chi connectivity index (χ0v) is 15.6. The molecule has 128 valence electrons. The average molecular weight is 411 g/mol. The first-order chi connectivity index (χ1) is 11.3. The monoisotopic (exact) mass is 410 g/mol. The summed E-state index contributed by atoms with van der Waals surface area (Å²) < 4.78 is 23.9. The molecular weight excluding hydrogens is 392 g/mol. The van der Waals surface area contributed by atoms with Crippen molar-refractivity contribution in [2.45, 2.75) is 30.7 Å². The summed E-state index contributed by atoms with van der Waals surface area (Å²) in [6, 6.07) is 13.6. The number of hydrogen-bond donors (Lipinski definition) is 2. The number of primary sulfonamides is 1. The van der Waals surface area contributed by atoms with Crippen LogP contribution in [0.25, 0.3) is 0 Å². The maximum absolute atomic E-state index is 12.3. The highest BCUT2D eigenvalue weighted by Gasteiger charge is 2.16. The molecule has 0 aliphatic rings. The molecule has 0 heterocycles. The second-order valence-electron chi connectivity index (χ2n) is 5.45. The van der Waals surface area contributed by atoms with Gasteiger partial charge in [-0.3, -0.25) is 4.79 Å². The Kier molecular flexibility index (Phi) is 6.15. The predicted octanol–water partition coefficient (Wildman–Crippen LogP) is 2.91. The van der Waals surface area contributed by atoms with Crippen LogP contribution >= 0.6 is 15.9 Å². The van der Waals surface area contributed by atoms with Gasteiger partial charge in [0.25, 0.3) is 0 Å². The highest BCUT2D eigenvalue weighted by atomic mass is 79.9. The number of carbonyl (C=O) groups excluding carboxylic acids is 1. The summed E-state index contributed by atoms with van der Waals surface area (Å²) in [6.45, 7) is 1.92. The first-order valence-electron chi connectivity index (χ1n) is 7.46. The molecule has 0 saturated heterocycles. The fraction of sp³-hybridized carbons (Fsp3) is 0.235. The van der Waals surface area contributed by atoms with Crippen molar-refractivity contribution in [3.63, 3.8) is 0 Å². The van der Waals surface area contributed by atoms with Crippen molar-refractivity contribution in [3.8, 4) is 0 Å². The van der Waals surface area contributed by atoms with E-state index in [1.165, 1.54) is 12.1 Å². The van der Waals surface area contributed by atoms with Crippen molar-refractivity contribution in [1.29, 1.82) is 0 Å². The molecular formula is C17H19BrN2O3S. The molecule has 2 aromatic carbocycles. The zero-order valence-electron chi connectivity index (χ0n) is 13.2. The smallest absolute Gasteiger partial charge is 0.238 e. The minimum absolute atomic E-state index is 0.0422. The summed E-state index contributed by atoms with van der Waals surface area (Å²) in [5.41, 5.74) is 1.62. The lowest BCUT2D eigenvalue weighted by Gasteiger charge is -2.18. The van der Waals surface area contributed by atoms with Gasteiger partial charge in [-0.1, -0.05) is 47.1 Å². The molecule has 0 fully saturated rings. The summed E-state index contributed by atoms with van der Waals surface area (Å²) in [6.07, 6.45) is 0.902. The van der Waals surface area contributed by atoms with E-state index in [2.05, 4.69) is 21.2 Å². The van der Waals surface area contributed by atoms with Crippen molar-refractivity contribution in [3.05, 3.63) is 64.1 Å². The summed E-state index contributed by atoms with van der Waals surface area (Å²) in [5.74, 6) is -0.120. The van der Waals surface area contributed by atoms with Crippen LogP contribution in [-0.2, 0) is 21.2 Å². The molecule has 0 aliphatic heterocycles. The minimum atomic E-state index is -3.77. The van der Waals surface area contributed by atoms with Crippen LogP contribution in [0, 0.1) is 0 Å². The average Bonchev–Trinajstić information content (AvgIpc) is 2.54. The molecule has 0 spiro atoms. The molecule has 0 aromatic heterocycles. The summed E-state index contributed by atoms with van der Waals surface area (Å²) in [4.78, 5) is 12.3. The fourth-order valence-corrected chi connectivity index (χ4v) is 3.20. The summed E-state index contributed by atoms with van der Waals surface area (Å²) >= 11 is 3.36. The molecule has 1 atom stereocenters. The fourth-order valence-electron chi connectivity index (χ4n) is 2.36. The molecule has 5 nitrogen and oxygen atoms in total. The van der Waals surface area contributed by atoms with E-state index >= 15 is 0 Å². The lowest BCUT2D eigenvalue weighted by atomic mass is 10.0. The maximum atomic E-state index is 12.3. The Hall–Kier alpha value is -1.70. The van der Waals surface area contributed by atoms with Gasteiger partial charge in [-0.05, 0) is 41.8 Å². The van der Waals surface area contributed by atoms with E-state index in [-0.39, 0.29) is 23.3 Å². The van der Waals surface area contributed by atoms with Crippen molar-refractivity contribution < 1.29 is 13.2 Å². The minimum Gasteiger partial charge on any atom is -0.349 e. The van der Waals surface area contributed by atoms with Gasteiger partial charge in [0, 0.05) is 4.47 Å². The Labute approximate surface area is 150 Å². The number of halogens is 1. The molecule has 0 bridgehead atoms. The van der Waals surface area contributed by atoms with Gasteiger partial charge in [0.1, 0.15) is 0 Å². The first kappa shape index (κ1) is 18.6. The summed E-state index contributed by atoms with van der Waals surface area (Å²) in [7, 11) is -3.77. The highest BCUT2D eigenvalue weighted by molar-refractivity contribution is 9.10. The van der Waals surface area contributed by atoms with E-state index in [1.807, 2.05) is 31.2 Å². The topological polar surface area (TPSA) is 89.3 Å². The number of nitrogens with one attached hydrogen (secondary N) is 1. The van der Waals surface area contributed by atoms with Crippen molar-refractivity contribution in [1.82, 2.24) is 5.32 Å². The largest absolute Gasteiger partial charge is 0.349 e. The lowest BCUT2D eigenvalue weighted by molar-refractivity contribution is -0.121. The quantitative estimate of drug-likeness (QED) is 0.766. The van der Waals surface area contributed by atoms with Gasteiger partial charge in [-0.25, -0.2) is 13.6 Å². The normalized spacial score (nSPS) is 12.6. The van der Waals surface area contributed by atoms with E-state index in [1.54, 1.807) is 12.1 Å². The van der Waals surface area contributed by atoms with Crippen LogP contribution in [0.5, 0.6) is 0 Å². The Morgan fingerprint density at radius 2 is 1.88 bits per heavy atom. The van der Waals surface area contributed by atoms with Gasteiger partial charge in [0.05, 0.1) is 17.4 Å². The Balaban J connectivity index is 2.11. The van der Waals surface area contributed by atoms with Crippen LogP contribution in [0.15, 0.2) is 57.9 Å². The second kappa shape index (κ2) is 7.92. The first-order valence-corrected chi connectivity index (χ1v) is 9.80. The number of hydrogen-bond acceptors (Lipinski definition) is 3. The molecule has 2 rings (SSSR count). The van der Waals surface area contributed by atoms with Crippen molar-refractivity contribution in [2.75, 3.05) is 0 Å². The second-order valence-corrected chi connectivity index (χ2v) is 7.93. The molecule has 1 amide bonds. The van der Waals surface area contributed by atoms with Gasteiger partial charge >= 0.3 is 0 Å². The number of sulfonamides is 1. The van der Waals surface area contributed by atoms with Crippen LogP contribution in [-0.4, -0.2) is 14.3 Å². The molecule has 24 heavy (non-hydrogen) atoms. The maximum Gasteiger partial charge on any atom is 0.238 e. The summed E-state index contributed by atoms with van der Waals surface area (Å²) in [5, 5.41) is 8.10. The highest BCUT2D eigenvalue weighted by Crippen LogP contribution is 2.20. The number of benzene rings is 2. The SMILES string of the molecule is CCC(NC(=O)Cc1ccc(Br)cc1)c1cccc(S(N)(=O)=O)c1. The molecule has 1 unspecified atom stereocenters. The molecule has 7 heteroatoms. The molecule has 0 radical (unpaired) electrons. The van der Waals surface area contributed by atoms with Gasteiger partial charge in [-0.2, -0.15) is 0 Å². The van der Waals surface area contributed by atoms with Crippen LogP contribution in [0.4, 0.5) is 0 Å². The van der Waals surface area contributed by atoms with Crippen LogP contribution in [0.3, 0.4) is 0 Å². The van der Waals surface area contributed by atoms with E-state index in [0.717, 1.165) is 10.0 Å². The Bertz CT molecular complexity index is 820. The van der Waals surface area contributed by atoms with Crippen LogP contribution in [0.2, 0.25) is 0 Å². The van der Waals surface area contributed by atoms with Gasteiger partial charge in [0.2, 0.25) is 15.9 Å². The molecule has 3 N–H and O–H groups in total. The van der Waals surface area contributed by atoms with E-state index < -0.39 is 10.0 Å². The number of amides is 1. The van der Waals surface area contributed by atoms with Gasteiger partial charge in [-0.15, -0.1) is 0 Å². The number of nitrogens with two attached hydrogens (primary N) is 1. The van der Waals surface area contributed by atoms with Crippen LogP contribution in [0.1, 0.15) is 30.5 Å². The van der Waals surface area contributed by atoms with E-state index in [0.29, 0.717) is 12.0 Å². The predicted molar refractivity (Wildman–Crippen MR) is 96.8 cm³/mol. The van der Waals surface area contributed by atoms with Gasteiger partial charge in [0.15, 0.2) is 0 Å². The standard InChI is InChI=1S/C17H19BrN2O3S/c1-2-16(13-4-3-5-15(11-13)24(19,22)23)20-17(21)10-12-6-8-14(18)9-7-12/h3-9,11,16H,2,10H2,1H3,(H,20,21)(H2,19,22,23). The molecule has 2 aromatic rings. The van der Waals surface area contributed by atoms with E-state index in [4.69, 9.17) is 5.14 Å². The van der Waals surface area contributed by atoms with Crippen molar-refractivity contribution >= 4 is 31.9 Å². The lowest BCUT2D eigenvalue weighted by Crippen LogP contribution is -2.29. The third-order valence-electron chi connectivity index (χ3n) is 3.61. The zero-order chi connectivity index (χ0) is 17.7. The third kappa shape index (κ3) is 5.15.